The molecule has 2 aromatic rings. The maximum atomic E-state index is 13.6. The first-order valence-electron chi connectivity index (χ1n) is 5.29. The summed E-state index contributed by atoms with van der Waals surface area (Å²) in [5, 5.41) is 2.30. The van der Waals surface area contributed by atoms with Crippen molar-refractivity contribution in [3.8, 4) is 0 Å². The third-order valence-corrected chi connectivity index (χ3v) is 3.48. The third-order valence-electron chi connectivity index (χ3n) is 2.41. The number of nitrogens with one attached hydrogen (secondary N) is 1. The molecule has 7 heteroatoms. The Morgan fingerprint density at radius 2 is 1.55 bits per heavy atom. The Hall–Kier alpha value is -1.34. The minimum atomic E-state index is -0.990. The Bertz CT molecular complexity index is 668. The van der Waals surface area contributed by atoms with E-state index in [9.17, 15) is 18.0 Å². The Morgan fingerprint density at radius 1 is 0.950 bits per heavy atom. The van der Waals surface area contributed by atoms with Gasteiger partial charge in [0.25, 0.3) is 5.91 Å². The van der Waals surface area contributed by atoms with E-state index < -0.39 is 28.9 Å². The van der Waals surface area contributed by atoms with Gasteiger partial charge in [-0.15, -0.1) is 0 Å². The summed E-state index contributed by atoms with van der Waals surface area (Å²) in [6, 6.07) is 5.67. The zero-order valence-corrected chi connectivity index (χ0v) is 12.9. The topological polar surface area (TPSA) is 29.1 Å². The van der Waals surface area contributed by atoms with Gasteiger partial charge in [-0.3, -0.25) is 4.79 Å². The van der Waals surface area contributed by atoms with Crippen LogP contribution in [-0.2, 0) is 0 Å². The van der Waals surface area contributed by atoms with Crippen molar-refractivity contribution in [2.45, 2.75) is 0 Å². The van der Waals surface area contributed by atoms with Crippen LogP contribution in [0.2, 0.25) is 0 Å². The quantitative estimate of drug-likeness (QED) is 0.753. The molecule has 104 valence electrons. The van der Waals surface area contributed by atoms with Crippen LogP contribution in [0, 0.1) is 17.5 Å². The fraction of sp³-hybridized carbons (Fsp3) is 0. The highest BCUT2D eigenvalue weighted by Crippen LogP contribution is 2.23. The molecule has 0 radical (unpaired) electrons. The van der Waals surface area contributed by atoms with Crippen LogP contribution in [0.25, 0.3) is 0 Å². The average molecular weight is 409 g/mol. The number of carbonyl (C=O) groups excluding carboxylic acids is 1. The van der Waals surface area contributed by atoms with E-state index in [1.165, 1.54) is 12.1 Å². The number of hydrogen-bond acceptors (Lipinski definition) is 1. The average Bonchev–Trinajstić information content (AvgIpc) is 2.32. The van der Waals surface area contributed by atoms with Crippen LogP contribution in [0.15, 0.2) is 39.3 Å². The Kier molecular flexibility index (Phi) is 4.49. The van der Waals surface area contributed by atoms with Gasteiger partial charge in [0.05, 0.1) is 4.47 Å². The lowest BCUT2D eigenvalue weighted by atomic mass is 10.1. The lowest BCUT2D eigenvalue weighted by molar-refractivity contribution is 0.101. The van der Waals surface area contributed by atoms with Gasteiger partial charge in [-0.05, 0) is 46.3 Å². The van der Waals surface area contributed by atoms with E-state index in [1.807, 2.05) is 0 Å². The number of rotatable bonds is 2. The van der Waals surface area contributed by atoms with Gasteiger partial charge in [0, 0.05) is 10.2 Å². The van der Waals surface area contributed by atoms with E-state index in [2.05, 4.69) is 37.2 Å². The minimum absolute atomic E-state index is 0.132. The third kappa shape index (κ3) is 3.21. The summed E-state index contributed by atoms with van der Waals surface area (Å²) >= 11 is 5.87. The summed E-state index contributed by atoms with van der Waals surface area (Å²) in [6.45, 7) is 0. The number of halogens is 5. The highest BCUT2D eigenvalue weighted by Gasteiger charge is 2.18. The summed E-state index contributed by atoms with van der Waals surface area (Å²) in [6.07, 6.45) is 0. The molecule has 0 aliphatic heterocycles. The van der Waals surface area contributed by atoms with Crippen LogP contribution in [0.5, 0.6) is 0 Å². The van der Waals surface area contributed by atoms with Crippen molar-refractivity contribution in [2.75, 3.05) is 5.32 Å². The first-order valence-corrected chi connectivity index (χ1v) is 6.88. The summed E-state index contributed by atoms with van der Waals surface area (Å²) < 4.78 is 40.6. The molecule has 2 aromatic carbocycles. The standard InChI is InChI=1S/C13H6Br2F3NO/c14-6-3-10(17)12(11(18)4-6)13(20)19-7-1-2-9(16)8(15)5-7/h1-5H,(H,19,20). The maximum absolute atomic E-state index is 13.6. The lowest BCUT2D eigenvalue weighted by Gasteiger charge is -2.08. The van der Waals surface area contributed by atoms with Crippen molar-refractivity contribution in [1.29, 1.82) is 0 Å². The lowest BCUT2D eigenvalue weighted by Crippen LogP contribution is -2.16. The zero-order chi connectivity index (χ0) is 14.9. The highest BCUT2D eigenvalue weighted by atomic mass is 79.9. The molecule has 0 aromatic heterocycles. The molecule has 0 aliphatic rings. The summed E-state index contributed by atoms with van der Waals surface area (Å²) in [4.78, 5) is 11.8. The first-order chi connectivity index (χ1) is 9.38. The molecule has 20 heavy (non-hydrogen) atoms. The predicted molar refractivity (Wildman–Crippen MR) is 76.1 cm³/mol. The molecule has 0 unspecified atom stereocenters. The second-order valence-corrected chi connectivity index (χ2v) is 5.60. The van der Waals surface area contributed by atoms with Crippen LogP contribution < -0.4 is 5.32 Å². The molecule has 1 N–H and O–H groups in total. The van der Waals surface area contributed by atoms with Gasteiger partial charge in [-0.2, -0.15) is 0 Å². The van der Waals surface area contributed by atoms with E-state index in [4.69, 9.17) is 0 Å². The highest BCUT2D eigenvalue weighted by molar-refractivity contribution is 9.10. The second kappa shape index (κ2) is 5.97. The number of benzene rings is 2. The van der Waals surface area contributed by atoms with Crippen molar-refractivity contribution in [3.05, 3.63) is 62.3 Å². The predicted octanol–water partition coefficient (Wildman–Crippen LogP) is 4.88. The molecule has 0 heterocycles. The number of carbonyl (C=O) groups is 1. The van der Waals surface area contributed by atoms with Crippen molar-refractivity contribution in [2.24, 2.45) is 0 Å². The van der Waals surface area contributed by atoms with Crippen LogP contribution >= 0.6 is 31.9 Å². The van der Waals surface area contributed by atoms with Gasteiger partial charge < -0.3 is 5.32 Å². The van der Waals surface area contributed by atoms with Crippen molar-refractivity contribution >= 4 is 43.5 Å². The van der Waals surface area contributed by atoms with E-state index in [0.717, 1.165) is 18.2 Å². The van der Waals surface area contributed by atoms with Crippen molar-refractivity contribution in [1.82, 2.24) is 0 Å². The fourth-order valence-corrected chi connectivity index (χ4v) is 2.31. The normalized spacial score (nSPS) is 10.4. The fourth-order valence-electron chi connectivity index (χ4n) is 1.53. The van der Waals surface area contributed by atoms with Crippen molar-refractivity contribution in [3.63, 3.8) is 0 Å². The molecule has 0 aliphatic carbocycles. The van der Waals surface area contributed by atoms with Gasteiger partial charge in [0.1, 0.15) is 23.0 Å². The van der Waals surface area contributed by atoms with Crippen molar-refractivity contribution < 1.29 is 18.0 Å². The Balaban J connectivity index is 2.31. The molecule has 0 saturated heterocycles. The summed E-state index contributed by atoms with van der Waals surface area (Å²) in [5.74, 6) is -3.44. The van der Waals surface area contributed by atoms with Gasteiger partial charge in [-0.25, -0.2) is 13.2 Å². The van der Waals surface area contributed by atoms with Gasteiger partial charge in [0.15, 0.2) is 0 Å². The van der Waals surface area contributed by atoms with Crippen LogP contribution in [0.3, 0.4) is 0 Å². The molecule has 2 nitrogen and oxygen atoms in total. The zero-order valence-electron chi connectivity index (χ0n) is 9.68. The Labute approximate surface area is 129 Å². The molecule has 0 atom stereocenters. The molecular formula is C13H6Br2F3NO. The molecule has 0 spiro atoms. The smallest absolute Gasteiger partial charge is 0.261 e. The monoisotopic (exact) mass is 407 g/mol. The number of anilines is 1. The molecule has 0 fully saturated rings. The van der Waals surface area contributed by atoms with Crippen LogP contribution in [-0.4, -0.2) is 5.91 Å². The molecular weight excluding hydrogens is 403 g/mol. The molecule has 2 rings (SSSR count). The number of hydrogen-bond donors (Lipinski definition) is 1. The maximum Gasteiger partial charge on any atom is 0.261 e. The van der Waals surface area contributed by atoms with E-state index in [0.29, 0.717) is 0 Å². The minimum Gasteiger partial charge on any atom is -0.322 e. The first kappa shape index (κ1) is 15.1. The molecule has 1 amide bonds. The molecule has 0 saturated carbocycles. The van der Waals surface area contributed by atoms with Gasteiger partial charge in [-0.1, -0.05) is 15.9 Å². The second-order valence-electron chi connectivity index (χ2n) is 3.83. The van der Waals surface area contributed by atoms with Gasteiger partial charge >= 0.3 is 0 Å². The largest absolute Gasteiger partial charge is 0.322 e. The summed E-state index contributed by atoms with van der Waals surface area (Å²) in [7, 11) is 0. The van der Waals surface area contributed by atoms with Gasteiger partial charge in [0.2, 0.25) is 0 Å². The number of amides is 1. The Morgan fingerprint density at radius 3 is 2.10 bits per heavy atom. The SMILES string of the molecule is O=C(Nc1ccc(F)c(Br)c1)c1c(F)cc(Br)cc1F. The molecule has 0 bridgehead atoms. The van der Waals surface area contributed by atoms with Crippen LogP contribution in [0.1, 0.15) is 10.4 Å². The van der Waals surface area contributed by atoms with E-state index in [1.54, 1.807) is 0 Å². The van der Waals surface area contributed by atoms with E-state index in [-0.39, 0.29) is 14.6 Å². The van der Waals surface area contributed by atoms with E-state index >= 15 is 0 Å². The summed E-state index contributed by atoms with van der Waals surface area (Å²) in [5.41, 5.74) is -0.487. The van der Waals surface area contributed by atoms with Crippen LogP contribution in [0.4, 0.5) is 18.9 Å².